The normalized spacial score (nSPS) is 13.6. The van der Waals surface area contributed by atoms with Gasteiger partial charge in [-0.05, 0) is 24.8 Å². The Bertz CT molecular complexity index is 810. The fourth-order valence-corrected chi connectivity index (χ4v) is 4.40. The molecule has 1 aliphatic rings. The maximum Gasteiger partial charge on any atom is 0.235 e. The monoisotopic (exact) mass is 361 g/mol. The highest BCUT2D eigenvalue weighted by Crippen LogP contribution is 2.38. The molecule has 2 aromatic heterocycles. The zero-order chi connectivity index (χ0) is 17.3. The van der Waals surface area contributed by atoms with Crippen molar-refractivity contribution in [3.63, 3.8) is 0 Å². The largest absolute Gasteiger partial charge is 0.316 e. The van der Waals surface area contributed by atoms with E-state index in [1.54, 1.807) is 0 Å². The van der Waals surface area contributed by atoms with Crippen LogP contribution in [-0.2, 0) is 23.1 Å². The summed E-state index contributed by atoms with van der Waals surface area (Å²) < 4.78 is 0. The summed E-state index contributed by atoms with van der Waals surface area (Å²) in [7, 11) is 0. The standard InChI is InChI=1S/C16H19N5OS2/c1-16(2,3)14-19-15(21-20-14)23-8-12(22)18-13-10(7-17)9-5-4-6-11(9)24-13/h4-6,8H2,1-3H3,(H,18,22)(H,19,20,21). The molecule has 0 unspecified atom stereocenters. The van der Waals surface area contributed by atoms with Crippen molar-refractivity contribution in [2.45, 2.75) is 50.6 Å². The van der Waals surface area contributed by atoms with Crippen LogP contribution < -0.4 is 5.32 Å². The van der Waals surface area contributed by atoms with Crippen LogP contribution in [0, 0.1) is 11.3 Å². The van der Waals surface area contributed by atoms with E-state index in [0.29, 0.717) is 15.7 Å². The molecule has 8 heteroatoms. The summed E-state index contributed by atoms with van der Waals surface area (Å²) in [5.74, 6) is 0.875. The zero-order valence-electron chi connectivity index (χ0n) is 13.9. The molecule has 24 heavy (non-hydrogen) atoms. The van der Waals surface area contributed by atoms with Crippen LogP contribution in [0.25, 0.3) is 0 Å². The van der Waals surface area contributed by atoms with Gasteiger partial charge >= 0.3 is 0 Å². The lowest BCUT2D eigenvalue weighted by Gasteiger charge is -2.12. The summed E-state index contributed by atoms with van der Waals surface area (Å²) in [6.07, 6.45) is 3.04. The van der Waals surface area contributed by atoms with E-state index < -0.39 is 0 Å². The number of carbonyl (C=O) groups is 1. The molecule has 0 aliphatic heterocycles. The van der Waals surface area contributed by atoms with Gasteiger partial charge in [-0.2, -0.15) is 5.26 Å². The Morgan fingerprint density at radius 2 is 2.25 bits per heavy atom. The predicted molar refractivity (Wildman–Crippen MR) is 95.5 cm³/mol. The number of thiophene rings is 1. The SMILES string of the molecule is CC(C)(C)c1nc(SCC(=O)Nc2sc3c(c2C#N)CCC3)n[nH]1. The molecule has 0 aromatic carbocycles. The number of carbonyl (C=O) groups excluding carboxylic acids is 1. The molecule has 2 heterocycles. The number of nitrogens with zero attached hydrogens (tertiary/aromatic N) is 3. The Morgan fingerprint density at radius 1 is 1.46 bits per heavy atom. The fourth-order valence-electron chi connectivity index (χ4n) is 2.55. The van der Waals surface area contributed by atoms with Crippen LogP contribution >= 0.6 is 23.1 Å². The molecule has 0 fully saturated rings. The molecule has 6 nitrogen and oxygen atoms in total. The third-order valence-corrected chi connectivity index (χ3v) is 5.85. The average Bonchev–Trinajstić information content (AvgIpc) is 3.19. The number of H-pyrrole nitrogens is 1. The van der Waals surface area contributed by atoms with Gasteiger partial charge in [0.1, 0.15) is 16.9 Å². The fraction of sp³-hybridized carbons (Fsp3) is 0.500. The zero-order valence-corrected chi connectivity index (χ0v) is 15.5. The highest BCUT2D eigenvalue weighted by atomic mass is 32.2. The highest BCUT2D eigenvalue weighted by molar-refractivity contribution is 7.99. The molecule has 0 spiro atoms. The minimum absolute atomic E-state index is 0.104. The van der Waals surface area contributed by atoms with E-state index in [1.165, 1.54) is 28.0 Å². The third kappa shape index (κ3) is 3.47. The van der Waals surface area contributed by atoms with Crippen LogP contribution in [0.5, 0.6) is 0 Å². The minimum Gasteiger partial charge on any atom is -0.316 e. The van der Waals surface area contributed by atoms with Gasteiger partial charge < -0.3 is 5.32 Å². The van der Waals surface area contributed by atoms with Crippen LogP contribution in [0.4, 0.5) is 5.00 Å². The van der Waals surface area contributed by atoms with Crippen molar-refractivity contribution >= 4 is 34.0 Å². The van der Waals surface area contributed by atoms with E-state index in [4.69, 9.17) is 0 Å². The maximum atomic E-state index is 12.2. The van der Waals surface area contributed by atoms with Gasteiger partial charge in [-0.1, -0.05) is 32.5 Å². The molecule has 1 amide bonds. The van der Waals surface area contributed by atoms with Crippen LogP contribution in [0.2, 0.25) is 0 Å². The molecule has 2 N–H and O–H groups in total. The first kappa shape index (κ1) is 17.0. The molecule has 3 rings (SSSR count). The lowest BCUT2D eigenvalue weighted by molar-refractivity contribution is -0.113. The summed E-state index contributed by atoms with van der Waals surface area (Å²) in [6, 6.07) is 2.23. The number of nitrogens with one attached hydrogen (secondary N) is 2. The molecular formula is C16H19N5OS2. The van der Waals surface area contributed by atoms with E-state index in [-0.39, 0.29) is 17.1 Å². The number of aromatic nitrogens is 3. The van der Waals surface area contributed by atoms with E-state index in [2.05, 4.69) is 26.6 Å². The predicted octanol–water partition coefficient (Wildman–Crippen LogP) is 3.25. The number of rotatable bonds is 4. The van der Waals surface area contributed by atoms with Gasteiger partial charge in [0.25, 0.3) is 0 Å². The van der Waals surface area contributed by atoms with Crippen molar-refractivity contribution in [3.8, 4) is 6.07 Å². The van der Waals surface area contributed by atoms with E-state index >= 15 is 0 Å². The number of hydrogen-bond acceptors (Lipinski definition) is 6. The lowest BCUT2D eigenvalue weighted by atomic mass is 9.96. The van der Waals surface area contributed by atoms with Crippen molar-refractivity contribution in [1.29, 1.82) is 5.26 Å². The molecule has 126 valence electrons. The summed E-state index contributed by atoms with van der Waals surface area (Å²) in [5.41, 5.74) is 1.65. The summed E-state index contributed by atoms with van der Waals surface area (Å²) in [6.45, 7) is 6.15. The Hall–Kier alpha value is -1.85. The Labute approximate surface area is 149 Å². The molecule has 1 aliphatic carbocycles. The van der Waals surface area contributed by atoms with Crippen molar-refractivity contribution in [2.75, 3.05) is 11.1 Å². The first-order valence-corrected chi connectivity index (χ1v) is 9.59. The topological polar surface area (TPSA) is 94.5 Å². The number of thioether (sulfide) groups is 1. The van der Waals surface area contributed by atoms with Gasteiger partial charge in [0.05, 0.1) is 11.3 Å². The van der Waals surface area contributed by atoms with Gasteiger partial charge in [-0.3, -0.25) is 9.89 Å². The number of nitriles is 1. The average molecular weight is 361 g/mol. The van der Waals surface area contributed by atoms with Crippen LogP contribution in [0.1, 0.15) is 49.0 Å². The summed E-state index contributed by atoms with van der Waals surface area (Å²) in [4.78, 5) is 17.8. The molecule has 0 atom stereocenters. The molecule has 0 bridgehead atoms. The van der Waals surface area contributed by atoms with Crippen LogP contribution in [0.3, 0.4) is 0 Å². The second-order valence-electron chi connectivity index (χ2n) is 6.73. The van der Waals surface area contributed by atoms with Gasteiger partial charge in [0.15, 0.2) is 0 Å². The van der Waals surface area contributed by atoms with Crippen molar-refractivity contribution in [2.24, 2.45) is 0 Å². The second kappa shape index (κ2) is 6.57. The molecule has 0 radical (unpaired) electrons. The van der Waals surface area contributed by atoms with Crippen molar-refractivity contribution in [3.05, 3.63) is 21.8 Å². The number of amides is 1. The maximum absolute atomic E-state index is 12.2. The lowest BCUT2D eigenvalue weighted by Crippen LogP contribution is -2.14. The second-order valence-corrected chi connectivity index (χ2v) is 8.77. The smallest absolute Gasteiger partial charge is 0.235 e. The first-order valence-electron chi connectivity index (χ1n) is 7.78. The molecule has 0 saturated heterocycles. The quantitative estimate of drug-likeness (QED) is 0.815. The third-order valence-electron chi connectivity index (χ3n) is 3.79. The Balaban J connectivity index is 1.61. The molecule has 2 aromatic rings. The summed E-state index contributed by atoms with van der Waals surface area (Å²) >= 11 is 2.81. The number of hydrogen-bond donors (Lipinski definition) is 2. The Morgan fingerprint density at radius 3 is 2.92 bits per heavy atom. The number of fused-ring (bicyclic) bond motifs is 1. The van der Waals surface area contributed by atoms with E-state index in [9.17, 15) is 10.1 Å². The number of aryl methyl sites for hydroxylation is 1. The Kier molecular flexibility index (Phi) is 4.65. The van der Waals surface area contributed by atoms with Gasteiger partial charge in [-0.25, -0.2) is 4.98 Å². The van der Waals surface area contributed by atoms with Gasteiger partial charge in [0.2, 0.25) is 11.1 Å². The highest BCUT2D eigenvalue weighted by Gasteiger charge is 2.23. The first-order chi connectivity index (χ1) is 11.4. The van der Waals surface area contributed by atoms with Gasteiger partial charge in [0, 0.05) is 10.3 Å². The van der Waals surface area contributed by atoms with Crippen LogP contribution in [0.15, 0.2) is 5.16 Å². The number of aromatic amines is 1. The van der Waals surface area contributed by atoms with Crippen molar-refractivity contribution < 1.29 is 4.79 Å². The summed E-state index contributed by atoms with van der Waals surface area (Å²) in [5, 5.41) is 20.5. The minimum atomic E-state index is -0.140. The van der Waals surface area contributed by atoms with Gasteiger partial charge in [-0.15, -0.1) is 16.4 Å². The van der Waals surface area contributed by atoms with E-state index in [1.807, 2.05) is 20.8 Å². The van der Waals surface area contributed by atoms with E-state index in [0.717, 1.165) is 30.7 Å². The van der Waals surface area contributed by atoms with Crippen LogP contribution in [-0.4, -0.2) is 26.8 Å². The number of anilines is 1. The molecular weight excluding hydrogens is 342 g/mol. The van der Waals surface area contributed by atoms with Crippen molar-refractivity contribution in [1.82, 2.24) is 15.2 Å². The molecule has 0 saturated carbocycles.